The highest BCUT2D eigenvalue weighted by Crippen LogP contribution is 2.26. The molecule has 3 aromatic rings. The van der Waals surface area contributed by atoms with Crippen LogP contribution in [0.15, 0.2) is 42.5 Å². The van der Waals surface area contributed by atoms with Crippen LogP contribution >= 0.6 is 0 Å². The topological polar surface area (TPSA) is 54.0 Å². The van der Waals surface area contributed by atoms with E-state index in [1.54, 1.807) is 26.0 Å². The third kappa shape index (κ3) is 4.58. The molecule has 0 aliphatic carbocycles. The van der Waals surface area contributed by atoms with Gasteiger partial charge in [-0.2, -0.15) is 0 Å². The molecule has 0 saturated heterocycles. The van der Waals surface area contributed by atoms with Crippen molar-refractivity contribution in [2.75, 3.05) is 11.9 Å². The van der Waals surface area contributed by atoms with Crippen molar-refractivity contribution in [3.8, 4) is 0 Å². The standard InChI is InChI=1S/C24H27F2N3O/c1-6-27-22-18(25)12-17(13-19(22)26)14(2)28-23(30)16-7-9-20-15(11-16)8-10-21(29-20)24(3,4)5/h7-14,27H,6H2,1-5H3,(H,28,30)/t14-/m1/s1. The minimum atomic E-state index is -0.681. The molecule has 158 valence electrons. The summed E-state index contributed by atoms with van der Waals surface area (Å²) in [5, 5.41) is 6.33. The number of carbonyl (C=O) groups is 1. The molecule has 1 aromatic heterocycles. The van der Waals surface area contributed by atoms with E-state index in [4.69, 9.17) is 0 Å². The van der Waals surface area contributed by atoms with Crippen molar-refractivity contribution < 1.29 is 13.6 Å². The van der Waals surface area contributed by atoms with Gasteiger partial charge in [0.05, 0.1) is 11.6 Å². The van der Waals surface area contributed by atoms with Crippen LogP contribution in [0, 0.1) is 11.6 Å². The van der Waals surface area contributed by atoms with Gasteiger partial charge in [0.25, 0.3) is 5.91 Å². The minimum absolute atomic E-state index is 0.0631. The molecule has 2 N–H and O–H groups in total. The predicted octanol–water partition coefficient (Wildman–Crippen LogP) is 5.73. The smallest absolute Gasteiger partial charge is 0.251 e. The molecule has 0 bridgehead atoms. The van der Waals surface area contributed by atoms with Crippen molar-refractivity contribution in [1.29, 1.82) is 0 Å². The third-order valence-electron chi connectivity index (χ3n) is 4.99. The molecule has 6 heteroatoms. The zero-order chi connectivity index (χ0) is 22.1. The Labute approximate surface area is 175 Å². The van der Waals surface area contributed by atoms with Crippen molar-refractivity contribution in [2.24, 2.45) is 0 Å². The maximum Gasteiger partial charge on any atom is 0.251 e. The maximum atomic E-state index is 14.2. The van der Waals surface area contributed by atoms with Crippen LogP contribution in [-0.2, 0) is 5.41 Å². The van der Waals surface area contributed by atoms with Crippen molar-refractivity contribution in [1.82, 2.24) is 10.3 Å². The van der Waals surface area contributed by atoms with Crippen LogP contribution in [0.5, 0.6) is 0 Å². The lowest BCUT2D eigenvalue weighted by molar-refractivity contribution is 0.0940. The Balaban J connectivity index is 1.80. The van der Waals surface area contributed by atoms with Crippen molar-refractivity contribution in [2.45, 2.75) is 46.1 Å². The number of benzene rings is 2. The average Bonchev–Trinajstić information content (AvgIpc) is 2.68. The number of hydrogen-bond acceptors (Lipinski definition) is 3. The van der Waals surface area contributed by atoms with E-state index in [1.165, 1.54) is 12.1 Å². The van der Waals surface area contributed by atoms with Gasteiger partial charge >= 0.3 is 0 Å². The fourth-order valence-electron chi connectivity index (χ4n) is 3.24. The van der Waals surface area contributed by atoms with Gasteiger partial charge < -0.3 is 10.6 Å². The molecule has 0 aliphatic heterocycles. The number of nitrogens with zero attached hydrogens (tertiary/aromatic N) is 1. The lowest BCUT2D eigenvalue weighted by Gasteiger charge is -2.18. The van der Waals surface area contributed by atoms with E-state index < -0.39 is 17.7 Å². The first-order chi connectivity index (χ1) is 14.1. The van der Waals surface area contributed by atoms with Crippen molar-refractivity contribution >= 4 is 22.5 Å². The second-order valence-corrected chi connectivity index (χ2v) is 8.44. The normalized spacial score (nSPS) is 12.6. The summed E-state index contributed by atoms with van der Waals surface area (Å²) in [6, 6.07) is 11.1. The summed E-state index contributed by atoms with van der Waals surface area (Å²) in [4.78, 5) is 17.4. The Morgan fingerprint density at radius 2 is 1.73 bits per heavy atom. The molecule has 1 atom stereocenters. The number of hydrogen-bond donors (Lipinski definition) is 2. The molecule has 0 unspecified atom stereocenters. The number of fused-ring (bicyclic) bond motifs is 1. The molecule has 2 aromatic carbocycles. The SMILES string of the molecule is CCNc1c(F)cc([C@@H](C)NC(=O)c2ccc3nc(C(C)(C)C)ccc3c2)cc1F. The minimum Gasteiger partial charge on any atom is -0.381 e. The molecular weight excluding hydrogens is 384 g/mol. The largest absolute Gasteiger partial charge is 0.381 e. The first-order valence-corrected chi connectivity index (χ1v) is 10.0. The maximum absolute atomic E-state index is 14.2. The van der Waals surface area contributed by atoms with Gasteiger partial charge in [0, 0.05) is 28.6 Å². The summed E-state index contributed by atoms with van der Waals surface area (Å²) in [6.07, 6.45) is 0. The highest BCUT2D eigenvalue weighted by atomic mass is 19.1. The Morgan fingerprint density at radius 3 is 2.33 bits per heavy atom. The number of carbonyl (C=O) groups excluding carboxylic acids is 1. The number of amides is 1. The van der Waals surface area contributed by atoms with Gasteiger partial charge in [0.15, 0.2) is 0 Å². The zero-order valence-electron chi connectivity index (χ0n) is 17.9. The van der Waals surface area contributed by atoms with Crippen molar-refractivity contribution in [3.63, 3.8) is 0 Å². The highest BCUT2D eigenvalue weighted by molar-refractivity contribution is 5.98. The molecule has 0 radical (unpaired) electrons. The van der Waals surface area contributed by atoms with Crippen LogP contribution in [0.4, 0.5) is 14.5 Å². The first-order valence-electron chi connectivity index (χ1n) is 10.0. The molecule has 4 nitrogen and oxygen atoms in total. The molecule has 1 heterocycles. The van der Waals surface area contributed by atoms with E-state index in [0.29, 0.717) is 17.7 Å². The molecule has 0 saturated carbocycles. The molecular formula is C24H27F2N3O. The number of anilines is 1. The number of nitrogens with one attached hydrogen (secondary N) is 2. The summed E-state index contributed by atoms with van der Waals surface area (Å²) in [7, 11) is 0. The number of halogens is 2. The summed E-state index contributed by atoms with van der Waals surface area (Å²) in [6.45, 7) is 10.2. The average molecular weight is 411 g/mol. The molecule has 0 fully saturated rings. The third-order valence-corrected chi connectivity index (χ3v) is 4.99. The number of pyridine rings is 1. The van der Waals surface area contributed by atoms with Gasteiger partial charge in [-0.15, -0.1) is 0 Å². The summed E-state index contributed by atoms with van der Waals surface area (Å²) in [5.41, 5.74) is 2.39. The fraction of sp³-hybridized carbons (Fsp3) is 0.333. The van der Waals surface area contributed by atoms with Crippen LogP contribution in [-0.4, -0.2) is 17.4 Å². The summed E-state index contributed by atoms with van der Waals surface area (Å²) in [5.74, 6) is -1.68. The van der Waals surface area contributed by atoms with Gasteiger partial charge in [0.2, 0.25) is 0 Å². The first kappa shape index (κ1) is 21.7. The molecule has 0 spiro atoms. The van der Waals surface area contributed by atoms with Crippen LogP contribution in [0.3, 0.4) is 0 Å². The second-order valence-electron chi connectivity index (χ2n) is 8.44. The van der Waals surface area contributed by atoms with Crippen LogP contribution in [0.2, 0.25) is 0 Å². The molecule has 30 heavy (non-hydrogen) atoms. The summed E-state index contributed by atoms with van der Waals surface area (Å²) < 4.78 is 28.4. The van der Waals surface area contributed by atoms with Gasteiger partial charge in [-0.1, -0.05) is 26.8 Å². The van der Waals surface area contributed by atoms with E-state index >= 15 is 0 Å². The lowest BCUT2D eigenvalue weighted by Crippen LogP contribution is -2.27. The predicted molar refractivity (Wildman–Crippen MR) is 117 cm³/mol. The van der Waals surface area contributed by atoms with E-state index in [2.05, 4.69) is 36.4 Å². The van der Waals surface area contributed by atoms with Gasteiger partial charge in [-0.3, -0.25) is 9.78 Å². The highest BCUT2D eigenvalue weighted by Gasteiger charge is 2.18. The van der Waals surface area contributed by atoms with Gasteiger partial charge in [-0.05, 0) is 55.8 Å². The van der Waals surface area contributed by atoms with Crippen molar-refractivity contribution in [3.05, 3.63) is 70.9 Å². The Hall–Kier alpha value is -3.02. The Morgan fingerprint density at radius 1 is 1.07 bits per heavy atom. The fourth-order valence-corrected chi connectivity index (χ4v) is 3.24. The van der Waals surface area contributed by atoms with Crippen LogP contribution < -0.4 is 10.6 Å². The van der Waals surface area contributed by atoms with E-state index in [-0.39, 0.29) is 17.0 Å². The van der Waals surface area contributed by atoms with E-state index in [9.17, 15) is 13.6 Å². The van der Waals surface area contributed by atoms with Gasteiger partial charge in [0.1, 0.15) is 17.3 Å². The monoisotopic (exact) mass is 411 g/mol. The van der Waals surface area contributed by atoms with Crippen LogP contribution in [0.1, 0.15) is 62.3 Å². The number of aromatic nitrogens is 1. The molecule has 0 aliphatic rings. The quantitative estimate of drug-likeness (QED) is 0.563. The zero-order valence-corrected chi connectivity index (χ0v) is 17.9. The van der Waals surface area contributed by atoms with Crippen LogP contribution in [0.25, 0.3) is 10.9 Å². The summed E-state index contributed by atoms with van der Waals surface area (Å²) >= 11 is 0. The van der Waals surface area contributed by atoms with E-state index in [1.807, 2.05) is 18.2 Å². The lowest BCUT2D eigenvalue weighted by atomic mass is 9.91. The number of rotatable bonds is 5. The molecule has 3 rings (SSSR count). The van der Waals surface area contributed by atoms with Gasteiger partial charge in [-0.25, -0.2) is 8.78 Å². The van der Waals surface area contributed by atoms with E-state index in [0.717, 1.165) is 16.6 Å². The Bertz CT molecular complexity index is 1070. The second kappa shape index (κ2) is 8.38. The Kier molecular flexibility index (Phi) is 6.06. The molecule has 1 amide bonds.